The molecule has 0 aliphatic carbocycles. The van der Waals surface area contributed by atoms with E-state index in [-0.39, 0.29) is 11.7 Å². The molecule has 0 unspecified atom stereocenters. The molecule has 1 aromatic carbocycles. The number of Topliss-reactive ketones (excluding diaryl/α,β-unsaturated/α-hetero) is 1. The molecule has 2 N–H and O–H groups in total. The SMILES string of the molecule is C=Cc1ccc(-c2ccc(-c3cnn(/C(N)=C(\C(=C)C4CCN(C)CC4)C(=O)CC)c3C)cn2)cc1CC. The normalized spacial score (nSPS) is 15.3. The summed E-state index contributed by atoms with van der Waals surface area (Å²) < 4.78 is 1.67. The van der Waals surface area contributed by atoms with E-state index in [1.807, 2.05) is 32.2 Å². The first-order valence-electron chi connectivity index (χ1n) is 13.5. The number of nitrogens with zero attached hydrogens (tertiary/aromatic N) is 4. The van der Waals surface area contributed by atoms with Gasteiger partial charge in [-0.1, -0.05) is 51.3 Å². The summed E-state index contributed by atoms with van der Waals surface area (Å²) in [4.78, 5) is 20.1. The number of aromatic nitrogens is 3. The van der Waals surface area contributed by atoms with Crippen LogP contribution in [0.2, 0.25) is 0 Å². The van der Waals surface area contributed by atoms with E-state index in [2.05, 4.69) is 61.4 Å². The number of rotatable bonds is 9. The summed E-state index contributed by atoms with van der Waals surface area (Å²) in [5, 5.41) is 4.59. The van der Waals surface area contributed by atoms with Crippen LogP contribution in [0.4, 0.5) is 0 Å². The molecule has 4 rings (SSSR count). The zero-order valence-electron chi connectivity index (χ0n) is 23.1. The Kier molecular flexibility index (Phi) is 8.42. The van der Waals surface area contributed by atoms with Gasteiger partial charge in [0.2, 0.25) is 0 Å². The third-order valence-corrected chi connectivity index (χ3v) is 7.74. The minimum Gasteiger partial charge on any atom is -0.383 e. The van der Waals surface area contributed by atoms with Gasteiger partial charge in [-0.25, -0.2) is 4.68 Å². The van der Waals surface area contributed by atoms with E-state index in [0.29, 0.717) is 17.8 Å². The van der Waals surface area contributed by atoms with Crippen molar-refractivity contribution < 1.29 is 4.79 Å². The van der Waals surface area contributed by atoms with Gasteiger partial charge < -0.3 is 10.6 Å². The highest BCUT2D eigenvalue weighted by atomic mass is 16.1. The highest BCUT2D eigenvalue weighted by Gasteiger charge is 2.27. The van der Waals surface area contributed by atoms with E-state index >= 15 is 0 Å². The zero-order chi connectivity index (χ0) is 27.4. The first-order valence-corrected chi connectivity index (χ1v) is 13.5. The lowest BCUT2D eigenvalue weighted by atomic mass is 9.84. The third kappa shape index (κ3) is 5.41. The molecule has 6 heteroatoms. The molecule has 0 bridgehead atoms. The lowest BCUT2D eigenvalue weighted by Gasteiger charge is -2.31. The molecule has 1 saturated heterocycles. The van der Waals surface area contributed by atoms with Crippen molar-refractivity contribution in [2.75, 3.05) is 20.1 Å². The number of piperidine rings is 1. The van der Waals surface area contributed by atoms with Crippen molar-refractivity contribution in [1.29, 1.82) is 0 Å². The van der Waals surface area contributed by atoms with E-state index in [4.69, 9.17) is 10.7 Å². The maximum Gasteiger partial charge on any atom is 0.166 e. The molecule has 1 aliphatic rings. The number of aryl methyl sites for hydroxylation is 1. The summed E-state index contributed by atoms with van der Waals surface area (Å²) in [5.41, 5.74) is 15.1. The second-order valence-electron chi connectivity index (χ2n) is 10.1. The number of nitrogens with two attached hydrogens (primary N) is 1. The summed E-state index contributed by atoms with van der Waals surface area (Å²) in [6.45, 7) is 16.2. The summed E-state index contributed by atoms with van der Waals surface area (Å²) in [6.07, 6.45) is 8.80. The van der Waals surface area contributed by atoms with Gasteiger partial charge in [0.25, 0.3) is 0 Å². The Morgan fingerprint density at radius 2 is 1.84 bits per heavy atom. The van der Waals surface area contributed by atoms with E-state index < -0.39 is 0 Å². The number of benzene rings is 1. The topological polar surface area (TPSA) is 77.0 Å². The Morgan fingerprint density at radius 3 is 2.45 bits per heavy atom. The van der Waals surface area contributed by atoms with Gasteiger partial charge in [-0.3, -0.25) is 9.78 Å². The van der Waals surface area contributed by atoms with Crippen molar-refractivity contribution in [3.8, 4) is 22.4 Å². The van der Waals surface area contributed by atoms with Crippen molar-refractivity contribution in [1.82, 2.24) is 19.7 Å². The van der Waals surface area contributed by atoms with Crippen molar-refractivity contribution in [2.45, 2.75) is 46.5 Å². The van der Waals surface area contributed by atoms with Crippen LogP contribution in [0.3, 0.4) is 0 Å². The number of likely N-dealkylation sites (tertiary alicyclic amines) is 1. The monoisotopic (exact) mass is 509 g/mol. The molecule has 1 fully saturated rings. The van der Waals surface area contributed by atoms with Crippen LogP contribution in [-0.2, 0) is 11.2 Å². The highest BCUT2D eigenvalue weighted by molar-refractivity contribution is 6.04. The molecule has 6 nitrogen and oxygen atoms in total. The van der Waals surface area contributed by atoms with Crippen LogP contribution in [0.5, 0.6) is 0 Å². The van der Waals surface area contributed by atoms with Crippen molar-refractivity contribution in [3.63, 3.8) is 0 Å². The molecule has 0 atom stereocenters. The minimum atomic E-state index is 0.00261. The van der Waals surface area contributed by atoms with Gasteiger partial charge in [0, 0.05) is 29.3 Å². The number of carbonyl (C=O) groups excluding carboxylic acids is 1. The molecule has 1 aliphatic heterocycles. The zero-order valence-corrected chi connectivity index (χ0v) is 23.1. The van der Waals surface area contributed by atoms with Crippen LogP contribution in [0.1, 0.15) is 49.9 Å². The third-order valence-electron chi connectivity index (χ3n) is 7.74. The average molecular weight is 510 g/mol. The molecule has 0 radical (unpaired) electrons. The molecule has 3 aromatic rings. The van der Waals surface area contributed by atoms with Gasteiger partial charge >= 0.3 is 0 Å². The first kappa shape index (κ1) is 27.3. The standard InChI is InChI=1S/C32H39N5O/c1-7-23-10-11-26(18-24(23)8-2)29-13-12-27(19-34-29)28-20-35-37(22(28)5)32(33)31(30(38)9-3)21(4)25-14-16-36(6)17-15-25/h7,10-13,18-20,25H,1,4,8-9,14-17,33H2,2-3,5-6H3/b32-31+. The summed E-state index contributed by atoms with van der Waals surface area (Å²) >= 11 is 0. The number of hydrogen-bond donors (Lipinski definition) is 1. The van der Waals surface area contributed by atoms with Gasteiger partial charge in [-0.15, -0.1) is 0 Å². The molecule has 38 heavy (non-hydrogen) atoms. The van der Waals surface area contributed by atoms with Gasteiger partial charge in [-0.05, 0) is 81.1 Å². The highest BCUT2D eigenvalue weighted by Crippen LogP contribution is 2.32. The van der Waals surface area contributed by atoms with Gasteiger partial charge in [0.05, 0.1) is 23.2 Å². The Labute approximate surface area is 226 Å². The summed E-state index contributed by atoms with van der Waals surface area (Å²) in [6, 6.07) is 10.4. The largest absolute Gasteiger partial charge is 0.383 e. The molecule has 198 valence electrons. The number of hydrogen-bond acceptors (Lipinski definition) is 5. The van der Waals surface area contributed by atoms with E-state index in [9.17, 15) is 4.79 Å². The maximum atomic E-state index is 13.1. The molecule has 0 spiro atoms. The van der Waals surface area contributed by atoms with Crippen LogP contribution >= 0.6 is 0 Å². The predicted octanol–water partition coefficient (Wildman–Crippen LogP) is 6.13. The fourth-order valence-corrected chi connectivity index (χ4v) is 5.26. The summed E-state index contributed by atoms with van der Waals surface area (Å²) in [5.74, 6) is 0.599. The minimum absolute atomic E-state index is 0.00261. The molecule has 0 amide bonds. The van der Waals surface area contributed by atoms with Crippen molar-refractivity contribution in [3.05, 3.63) is 83.9 Å². The molecule has 3 heterocycles. The Morgan fingerprint density at radius 1 is 1.13 bits per heavy atom. The van der Waals surface area contributed by atoms with Crippen LogP contribution in [0.15, 0.2) is 67.0 Å². The number of ketones is 1. The van der Waals surface area contributed by atoms with Crippen molar-refractivity contribution >= 4 is 17.7 Å². The molecule has 0 saturated carbocycles. The fraction of sp³-hybridized carbons (Fsp3) is 0.344. The predicted molar refractivity (Wildman–Crippen MR) is 157 cm³/mol. The number of carbonyl (C=O) groups is 1. The smallest absolute Gasteiger partial charge is 0.166 e. The van der Waals surface area contributed by atoms with E-state index in [1.165, 1.54) is 5.56 Å². The lowest BCUT2D eigenvalue weighted by molar-refractivity contribution is -0.115. The van der Waals surface area contributed by atoms with Crippen LogP contribution < -0.4 is 5.73 Å². The molecular formula is C32H39N5O. The van der Waals surface area contributed by atoms with Crippen LogP contribution in [-0.4, -0.2) is 45.6 Å². The lowest BCUT2D eigenvalue weighted by Crippen LogP contribution is -2.32. The Bertz CT molecular complexity index is 1370. The average Bonchev–Trinajstić information content (AvgIpc) is 3.33. The molecular weight excluding hydrogens is 470 g/mol. The Balaban J connectivity index is 1.65. The van der Waals surface area contributed by atoms with E-state index in [0.717, 1.165) is 71.6 Å². The number of pyridine rings is 1. The maximum absolute atomic E-state index is 13.1. The van der Waals surface area contributed by atoms with Gasteiger partial charge in [0.15, 0.2) is 5.78 Å². The quantitative estimate of drug-likeness (QED) is 0.277. The summed E-state index contributed by atoms with van der Waals surface area (Å²) in [7, 11) is 2.12. The van der Waals surface area contributed by atoms with Gasteiger partial charge in [0.1, 0.15) is 5.82 Å². The fourth-order valence-electron chi connectivity index (χ4n) is 5.26. The first-order chi connectivity index (χ1) is 18.3. The molecule has 2 aromatic heterocycles. The van der Waals surface area contributed by atoms with Crippen LogP contribution in [0, 0.1) is 12.8 Å². The van der Waals surface area contributed by atoms with E-state index in [1.54, 1.807) is 10.9 Å². The number of allylic oxidation sites excluding steroid dienone is 2. The van der Waals surface area contributed by atoms with Crippen molar-refractivity contribution in [2.24, 2.45) is 11.7 Å². The van der Waals surface area contributed by atoms with Crippen LogP contribution in [0.25, 0.3) is 34.3 Å². The second-order valence-corrected chi connectivity index (χ2v) is 10.1. The Hall–Kier alpha value is -3.77. The van der Waals surface area contributed by atoms with Gasteiger partial charge in [-0.2, -0.15) is 5.10 Å². The second kappa shape index (κ2) is 11.7.